The number of fused-ring (bicyclic) bond motifs is 1. The maximum absolute atomic E-state index is 5.23. The Labute approximate surface area is 149 Å². The number of rotatable bonds is 8. The van der Waals surface area contributed by atoms with Gasteiger partial charge >= 0.3 is 0 Å². The van der Waals surface area contributed by atoms with E-state index in [1.54, 1.807) is 12.4 Å². The lowest BCUT2D eigenvalue weighted by Gasteiger charge is -2.13. The van der Waals surface area contributed by atoms with Crippen LogP contribution in [-0.2, 0) is 0 Å². The number of thiocarbonyl (C=S) groups is 1. The zero-order chi connectivity index (χ0) is 17.2. The van der Waals surface area contributed by atoms with Gasteiger partial charge in [-0.15, -0.1) is 0 Å². The molecule has 1 aromatic carbocycles. The number of aromatic nitrogens is 2. The van der Waals surface area contributed by atoms with Crippen LogP contribution in [0.25, 0.3) is 11.0 Å². The van der Waals surface area contributed by atoms with Crippen molar-refractivity contribution >= 4 is 34.6 Å². The van der Waals surface area contributed by atoms with Crippen molar-refractivity contribution in [2.75, 3.05) is 6.54 Å². The van der Waals surface area contributed by atoms with Gasteiger partial charge in [0.15, 0.2) is 5.11 Å². The smallest absolute Gasteiger partial charge is 0.186 e. The van der Waals surface area contributed by atoms with Gasteiger partial charge in [0.1, 0.15) is 5.69 Å². The number of unbranched alkanes of at least 4 members (excludes halogenated alkanes) is 2. The number of nitrogens with zero attached hydrogens (tertiary/aromatic N) is 3. The van der Waals surface area contributed by atoms with Crippen LogP contribution in [-0.4, -0.2) is 27.8 Å². The number of hydrogen-bond acceptors (Lipinski definition) is 4. The molecule has 0 bridgehead atoms. The van der Waals surface area contributed by atoms with Gasteiger partial charge in [-0.1, -0.05) is 45.2 Å². The van der Waals surface area contributed by atoms with Gasteiger partial charge in [-0.25, -0.2) is 4.98 Å². The largest absolute Gasteiger partial charge is 0.361 e. The Kier molecular flexibility index (Phi) is 7.55. The molecule has 2 rings (SSSR count). The molecule has 0 unspecified atom stereocenters. The third-order valence-corrected chi connectivity index (χ3v) is 3.98. The second-order valence-electron chi connectivity index (χ2n) is 5.96. The molecule has 0 spiro atoms. The minimum absolute atomic E-state index is 0.530. The number of hydrogen-bond donors (Lipinski definition) is 2. The van der Waals surface area contributed by atoms with Gasteiger partial charge in [0.25, 0.3) is 0 Å². The van der Waals surface area contributed by atoms with Crippen molar-refractivity contribution in [3.8, 4) is 0 Å². The molecule has 1 atom stereocenters. The van der Waals surface area contributed by atoms with Gasteiger partial charge in [-0.2, -0.15) is 5.10 Å². The molecule has 128 valence electrons. The fourth-order valence-electron chi connectivity index (χ4n) is 2.34. The van der Waals surface area contributed by atoms with Gasteiger partial charge in [-0.3, -0.25) is 10.4 Å². The van der Waals surface area contributed by atoms with Crippen LogP contribution in [0.3, 0.4) is 0 Å². The highest BCUT2D eigenvalue weighted by molar-refractivity contribution is 7.80. The zero-order valence-corrected chi connectivity index (χ0v) is 15.1. The predicted molar refractivity (Wildman–Crippen MR) is 104 cm³/mol. The first-order valence-corrected chi connectivity index (χ1v) is 8.88. The number of para-hydroxylation sites is 2. The van der Waals surface area contributed by atoms with E-state index >= 15 is 0 Å². The fraction of sp³-hybridized carbons (Fsp3) is 0.444. The molecule has 24 heavy (non-hydrogen) atoms. The van der Waals surface area contributed by atoms with Gasteiger partial charge in [0.05, 0.1) is 23.4 Å². The highest BCUT2D eigenvalue weighted by atomic mass is 32.1. The molecular formula is C18H25N5S. The standard InChI is InChI=1S/C18H25N5S/c1-3-4-5-8-14(2)11-20-18(24)23-21-13-15-12-19-16-9-6-7-10-17(16)22-15/h6-7,9-10,12-14H,3-5,8,11H2,1-2H3,(H2,20,23,24)/b21-13-/t14-/m0/s1. The average molecular weight is 344 g/mol. The van der Waals surface area contributed by atoms with Crippen LogP contribution in [0.1, 0.15) is 45.2 Å². The first kappa shape index (κ1) is 18.3. The second-order valence-corrected chi connectivity index (χ2v) is 6.37. The van der Waals surface area contributed by atoms with E-state index in [0.717, 1.165) is 17.6 Å². The molecule has 0 aliphatic carbocycles. The van der Waals surface area contributed by atoms with Crippen LogP contribution in [0, 0.1) is 5.92 Å². The first-order chi connectivity index (χ1) is 11.7. The molecule has 0 saturated heterocycles. The Morgan fingerprint density at radius 3 is 2.88 bits per heavy atom. The fourth-order valence-corrected chi connectivity index (χ4v) is 2.48. The molecule has 0 amide bonds. The molecule has 0 saturated carbocycles. The summed E-state index contributed by atoms with van der Waals surface area (Å²) in [7, 11) is 0. The lowest BCUT2D eigenvalue weighted by atomic mass is 10.0. The summed E-state index contributed by atoms with van der Waals surface area (Å²) in [4.78, 5) is 8.82. The monoisotopic (exact) mass is 343 g/mol. The van der Waals surface area contributed by atoms with Gasteiger partial charge in [-0.05, 0) is 36.7 Å². The molecule has 6 heteroatoms. The van der Waals surface area contributed by atoms with E-state index in [2.05, 4.69) is 39.7 Å². The second kappa shape index (κ2) is 9.93. The van der Waals surface area contributed by atoms with Crippen LogP contribution in [0.4, 0.5) is 0 Å². The molecule has 5 nitrogen and oxygen atoms in total. The van der Waals surface area contributed by atoms with Crippen LogP contribution < -0.4 is 10.7 Å². The summed E-state index contributed by atoms with van der Waals surface area (Å²) in [6, 6.07) is 7.75. The summed E-state index contributed by atoms with van der Waals surface area (Å²) < 4.78 is 0. The normalized spacial score (nSPS) is 12.4. The average Bonchev–Trinajstić information content (AvgIpc) is 2.60. The van der Waals surface area contributed by atoms with Crippen molar-refractivity contribution in [1.82, 2.24) is 20.7 Å². The van der Waals surface area contributed by atoms with Crippen molar-refractivity contribution in [2.45, 2.75) is 39.5 Å². The van der Waals surface area contributed by atoms with Crippen molar-refractivity contribution in [3.63, 3.8) is 0 Å². The summed E-state index contributed by atoms with van der Waals surface area (Å²) in [5, 5.41) is 7.85. The predicted octanol–water partition coefficient (Wildman–Crippen LogP) is 3.64. The van der Waals surface area contributed by atoms with Crippen molar-refractivity contribution in [1.29, 1.82) is 0 Å². The third-order valence-electron chi connectivity index (χ3n) is 3.74. The van der Waals surface area contributed by atoms with Crippen molar-refractivity contribution in [3.05, 3.63) is 36.2 Å². The Morgan fingerprint density at radius 1 is 1.29 bits per heavy atom. The maximum Gasteiger partial charge on any atom is 0.186 e. The molecule has 1 heterocycles. The zero-order valence-electron chi connectivity index (χ0n) is 14.3. The lowest BCUT2D eigenvalue weighted by molar-refractivity contribution is 0.487. The van der Waals surface area contributed by atoms with Crippen LogP contribution in [0.15, 0.2) is 35.6 Å². The highest BCUT2D eigenvalue weighted by Crippen LogP contribution is 2.08. The number of nitrogens with one attached hydrogen (secondary N) is 2. The Balaban J connectivity index is 1.75. The topological polar surface area (TPSA) is 62.2 Å². The summed E-state index contributed by atoms with van der Waals surface area (Å²) in [5.74, 6) is 0.603. The van der Waals surface area contributed by atoms with Crippen molar-refractivity contribution < 1.29 is 0 Å². The maximum atomic E-state index is 5.23. The van der Waals surface area contributed by atoms with Gasteiger partial charge in [0, 0.05) is 6.54 Å². The van der Waals surface area contributed by atoms with Crippen LogP contribution in [0.2, 0.25) is 0 Å². The van der Waals surface area contributed by atoms with E-state index in [9.17, 15) is 0 Å². The van der Waals surface area contributed by atoms with Gasteiger partial charge in [0.2, 0.25) is 0 Å². The lowest BCUT2D eigenvalue weighted by Crippen LogP contribution is -2.35. The highest BCUT2D eigenvalue weighted by Gasteiger charge is 2.02. The molecular weight excluding hydrogens is 318 g/mol. The number of benzene rings is 1. The van der Waals surface area contributed by atoms with E-state index in [-0.39, 0.29) is 0 Å². The van der Waals surface area contributed by atoms with E-state index in [4.69, 9.17) is 12.2 Å². The molecule has 0 fully saturated rings. The Hall–Kier alpha value is -2.08. The number of hydrazone groups is 1. The molecule has 0 aliphatic heterocycles. The molecule has 0 aliphatic rings. The first-order valence-electron chi connectivity index (χ1n) is 8.47. The van der Waals surface area contributed by atoms with E-state index in [1.807, 2.05) is 24.3 Å². The quantitative estimate of drug-likeness (QED) is 0.332. The van der Waals surface area contributed by atoms with Crippen LogP contribution in [0.5, 0.6) is 0 Å². The summed E-state index contributed by atoms with van der Waals surface area (Å²) in [6.45, 7) is 5.32. The van der Waals surface area contributed by atoms with Crippen LogP contribution >= 0.6 is 12.2 Å². The SMILES string of the molecule is CCCCC[C@H](C)CNC(=S)N/N=C\c1cnc2ccccc2n1. The molecule has 1 aromatic heterocycles. The van der Waals surface area contributed by atoms with Gasteiger partial charge < -0.3 is 5.32 Å². The molecule has 2 N–H and O–H groups in total. The van der Waals surface area contributed by atoms with E-state index in [1.165, 1.54) is 25.7 Å². The third kappa shape index (κ3) is 6.20. The summed E-state index contributed by atoms with van der Waals surface area (Å²) in [6.07, 6.45) is 8.37. The molecule has 0 radical (unpaired) electrons. The Bertz CT molecular complexity index is 686. The minimum Gasteiger partial charge on any atom is -0.361 e. The van der Waals surface area contributed by atoms with Crippen molar-refractivity contribution in [2.24, 2.45) is 11.0 Å². The summed E-state index contributed by atoms with van der Waals surface area (Å²) >= 11 is 5.23. The van der Waals surface area contributed by atoms with E-state index in [0.29, 0.717) is 16.7 Å². The minimum atomic E-state index is 0.530. The Morgan fingerprint density at radius 2 is 2.08 bits per heavy atom. The van der Waals surface area contributed by atoms with E-state index < -0.39 is 0 Å². The molecule has 2 aromatic rings. The summed E-state index contributed by atoms with van der Waals surface area (Å²) in [5.41, 5.74) is 5.24.